The number of nitrogens with one attached hydrogen (secondary N) is 1. The minimum atomic E-state index is -0.439. The number of hydrogen-bond acceptors (Lipinski definition) is 7. The molecule has 0 unspecified atom stereocenters. The zero-order valence-corrected chi connectivity index (χ0v) is 30.8. The van der Waals surface area contributed by atoms with Crippen molar-refractivity contribution in [2.24, 2.45) is 0 Å². The number of thioether (sulfide) groups is 1. The van der Waals surface area contributed by atoms with Gasteiger partial charge in [-0.2, -0.15) is 5.56 Å². The topological polar surface area (TPSA) is 110 Å². The Labute approximate surface area is 304 Å². The van der Waals surface area contributed by atoms with Gasteiger partial charge in [0.25, 0.3) is 0 Å². The fraction of sp³-hybridized carbons (Fsp3) is 0.143. The number of H-pyrrole nitrogens is 1. The standard InChI is InChI=1S/C14H12ClN3S.C7H7ClN.C7H7N2O2.2Y/c1-9-10(15)6-7-16-13(9)8-19-14-17-11-4-2-3-5-12(11)18-14;1-5-6(2)9-4-3-7(5)8;1-5-6(2)8-4-3-7(5)9(10)11;;/h2-7H,8H2,1H3,(H,17,18);3-4H,2H2,1H3;3-4H,2H2,1H3;;/q;2*-1;;. The number of pyridine rings is 3. The number of aromatic nitrogens is 5. The number of rotatable bonds is 4. The SMILES string of the molecule is Cc1c(Cl)ccnc1CSc1nc2ccccc2[nH]1.[CH2-]c1nccc(Cl)c1C.[CH2-]c1nccc([N+](=O)[O-])c1C.[Y].[Y]. The number of fused-ring (bicyclic) bond motifs is 1. The van der Waals surface area contributed by atoms with Crippen LogP contribution in [0, 0.1) is 44.7 Å². The molecule has 1 aromatic carbocycles. The first-order valence-electron chi connectivity index (χ1n) is 11.6. The van der Waals surface area contributed by atoms with Gasteiger partial charge in [-0.25, -0.2) is 18.8 Å². The van der Waals surface area contributed by atoms with Crippen molar-refractivity contribution in [2.75, 3.05) is 0 Å². The summed E-state index contributed by atoms with van der Waals surface area (Å²) in [5.41, 5.74) is 6.84. The van der Waals surface area contributed by atoms with Crippen molar-refractivity contribution >= 4 is 51.7 Å². The minimum absolute atomic E-state index is 0. The van der Waals surface area contributed by atoms with E-state index in [1.165, 1.54) is 12.3 Å². The molecule has 2 radical (unpaired) electrons. The molecule has 0 amide bonds. The maximum atomic E-state index is 10.3. The van der Waals surface area contributed by atoms with Crippen LogP contribution in [0.5, 0.6) is 0 Å². The monoisotopic (exact) mass is 758 g/mol. The summed E-state index contributed by atoms with van der Waals surface area (Å²) in [7, 11) is 0. The van der Waals surface area contributed by atoms with Crippen LogP contribution in [-0.4, -0.2) is 29.8 Å². The van der Waals surface area contributed by atoms with Crippen LogP contribution in [0.25, 0.3) is 11.0 Å². The normalized spacial score (nSPS) is 9.78. The molecule has 5 rings (SSSR count). The van der Waals surface area contributed by atoms with Crippen molar-refractivity contribution in [3.63, 3.8) is 0 Å². The summed E-state index contributed by atoms with van der Waals surface area (Å²) >= 11 is 13.5. The number of aromatic amines is 1. The third kappa shape index (κ3) is 10.9. The molecule has 0 saturated heterocycles. The molecule has 0 aliphatic rings. The molecule has 13 heteroatoms. The van der Waals surface area contributed by atoms with Gasteiger partial charge in [-0.1, -0.05) is 59.4 Å². The molecular weight excluding hydrogens is 733 g/mol. The van der Waals surface area contributed by atoms with Gasteiger partial charge >= 0.3 is 0 Å². The predicted molar refractivity (Wildman–Crippen MR) is 158 cm³/mol. The van der Waals surface area contributed by atoms with Crippen LogP contribution in [0.4, 0.5) is 5.69 Å². The number of nitro groups is 1. The van der Waals surface area contributed by atoms with Gasteiger partial charge in [0.1, 0.15) is 0 Å². The van der Waals surface area contributed by atoms with Crippen molar-refractivity contribution in [1.29, 1.82) is 0 Å². The third-order valence-corrected chi connectivity index (χ3v) is 7.38. The molecule has 208 valence electrons. The zero-order valence-electron chi connectivity index (χ0n) is 22.8. The molecule has 0 spiro atoms. The fourth-order valence-corrected chi connectivity index (χ4v) is 4.39. The van der Waals surface area contributed by atoms with Crippen molar-refractivity contribution in [3.05, 3.63) is 129 Å². The third-order valence-electron chi connectivity index (χ3n) is 5.67. The Bertz CT molecular complexity index is 1550. The van der Waals surface area contributed by atoms with E-state index in [0.717, 1.165) is 54.5 Å². The van der Waals surface area contributed by atoms with Crippen LogP contribution >= 0.6 is 35.0 Å². The fourth-order valence-electron chi connectivity index (χ4n) is 3.15. The maximum absolute atomic E-state index is 10.3. The van der Waals surface area contributed by atoms with Crippen LogP contribution in [0.2, 0.25) is 10.0 Å². The Hall–Kier alpha value is -1.58. The van der Waals surface area contributed by atoms with E-state index in [0.29, 0.717) is 11.3 Å². The van der Waals surface area contributed by atoms with Crippen LogP contribution in [0.1, 0.15) is 33.8 Å². The van der Waals surface area contributed by atoms with E-state index < -0.39 is 4.92 Å². The number of hydrogen-bond donors (Lipinski definition) is 1. The summed E-state index contributed by atoms with van der Waals surface area (Å²) in [6.07, 6.45) is 4.77. The molecule has 4 aromatic heterocycles. The maximum Gasteiger partial charge on any atom is 0.199 e. The zero-order chi connectivity index (χ0) is 28.5. The van der Waals surface area contributed by atoms with Crippen LogP contribution in [0.3, 0.4) is 0 Å². The number of nitrogens with zero attached hydrogens (tertiary/aromatic N) is 5. The van der Waals surface area contributed by atoms with Crippen LogP contribution < -0.4 is 0 Å². The van der Waals surface area contributed by atoms with Gasteiger partial charge in [-0.05, 0) is 41.8 Å². The number of para-hydroxylation sites is 2. The molecule has 1 N–H and O–H groups in total. The second-order valence-electron chi connectivity index (χ2n) is 8.24. The quantitative estimate of drug-likeness (QED) is 0.0859. The summed E-state index contributed by atoms with van der Waals surface area (Å²) in [5, 5.41) is 12.7. The van der Waals surface area contributed by atoms with E-state index >= 15 is 0 Å². The number of imidazole rings is 1. The van der Waals surface area contributed by atoms with E-state index in [1.807, 2.05) is 44.2 Å². The van der Waals surface area contributed by atoms with Gasteiger partial charge in [-0.15, -0.1) is 18.5 Å². The van der Waals surface area contributed by atoms with Crippen LogP contribution in [0.15, 0.2) is 66.2 Å². The van der Waals surface area contributed by atoms with Crippen molar-refractivity contribution in [2.45, 2.75) is 31.7 Å². The van der Waals surface area contributed by atoms with Gasteiger partial charge < -0.3 is 4.98 Å². The largest absolute Gasteiger partial charge is 0.333 e. The Morgan fingerprint density at radius 3 is 1.98 bits per heavy atom. The summed E-state index contributed by atoms with van der Waals surface area (Å²) < 4.78 is 0. The summed E-state index contributed by atoms with van der Waals surface area (Å²) in [6.45, 7) is 12.8. The molecule has 0 saturated carbocycles. The second kappa shape index (κ2) is 18.2. The molecular formula is C28H26Cl2N6O2SY2-2. The first kappa shape index (κ1) is 37.4. The summed E-state index contributed by atoms with van der Waals surface area (Å²) in [4.78, 5) is 29.8. The van der Waals surface area contributed by atoms with Gasteiger partial charge in [0.05, 0.1) is 16.7 Å². The number of benzene rings is 1. The predicted octanol–water partition coefficient (Wildman–Crippen LogP) is 7.91. The van der Waals surface area contributed by atoms with E-state index in [1.54, 1.807) is 37.1 Å². The molecule has 0 fully saturated rings. The van der Waals surface area contributed by atoms with Crippen LogP contribution in [-0.2, 0) is 71.2 Å². The van der Waals surface area contributed by atoms with Gasteiger partial charge in [0, 0.05) is 106 Å². The second-order valence-corrected chi connectivity index (χ2v) is 10.0. The molecule has 8 nitrogen and oxygen atoms in total. The van der Waals surface area contributed by atoms with E-state index in [-0.39, 0.29) is 71.1 Å². The molecule has 5 aromatic rings. The first-order valence-corrected chi connectivity index (χ1v) is 13.3. The van der Waals surface area contributed by atoms with Crippen molar-refractivity contribution in [3.8, 4) is 0 Å². The molecule has 0 aliphatic carbocycles. The average Bonchev–Trinajstić information content (AvgIpc) is 3.33. The van der Waals surface area contributed by atoms with E-state index in [2.05, 4.69) is 38.8 Å². The average molecular weight is 759 g/mol. The smallest absolute Gasteiger partial charge is 0.199 e. The summed E-state index contributed by atoms with van der Waals surface area (Å²) in [6, 6.07) is 12.9. The minimum Gasteiger partial charge on any atom is -0.333 e. The number of halogens is 2. The molecule has 0 atom stereocenters. The van der Waals surface area contributed by atoms with E-state index in [4.69, 9.17) is 23.2 Å². The van der Waals surface area contributed by atoms with E-state index in [9.17, 15) is 10.1 Å². The summed E-state index contributed by atoms with van der Waals surface area (Å²) in [5.74, 6) is 0.756. The Morgan fingerprint density at radius 2 is 1.41 bits per heavy atom. The van der Waals surface area contributed by atoms with Crippen molar-refractivity contribution < 1.29 is 70.3 Å². The molecule has 0 bridgehead atoms. The molecule has 4 heterocycles. The van der Waals surface area contributed by atoms with Crippen molar-refractivity contribution in [1.82, 2.24) is 24.9 Å². The Morgan fingerprint density at radius 1 is 0.854 bits per heavy atom. The molecule has 41 heavy (non-hydrogen) atoms. The Kier molecular flexibility index (Phi) is 16.6. The Balaban J connectivity index is 0.000000329. The van der Waals surface area contributed by atoms with Gasteiger partial charge in [0.15, 0.2) is 10.8 Å². The van der Waals surface area contributed by atoms with Gasteiger partial charge in [-0.3, -0.25) is 25.1 Å². The van der Waals surface area contributed by atoms with Gasteiger partial charge in [0.2, 0.25) is 0 Å². The molecule has 0 aliphatic heterocycles. The first-order chi connectivity index (χ1) is 18.6.